The lowest BCUT2D eigenvalue weighted by Crippen LogP contribution is -2.37. The molecule has 7 heteroatoms. The molecule has 2 rings (SSSR count). The molecule has 1 atom stereocenters. The lowest BCUT2D eigenvalue weighted by molar-refractivity contribution is -0.117. The Morgan fingerprint density at radius 2 is 2.53 bits per heavy atom. The molecule has 17 heavy (non-hydrogen) atoms. The van der Waals surface area contributed by atoms with Gasteiger partial charge < -0.3 is 16.0 Å². The van der Waals surface area contributed by atoms with Crippen LogP contribution in [0.2, 0.25) is 0 Å². The molecular weight excluding hydrogens is 220 g/mol. The minimum Gasteiger partial charge on any atom is -0.348 e. The summed E-state index contributed by atoms with van der Waals surface area (Å²) in [6.45, 7) is 0. The van der Waals surface area contributed by atoms with Crippen molar-refractivity contribution in [1.29, 1.82) is 0 Å². The molecule has 0 aliphatic carbocycles. The third kappa shape index (κ3) is 2.91. The van der Waals surface area contributed by atoms with E-state index < -0.39 is 6.04 Å². The lowest BCUT2D eigenvalue weighted by atomic mass is 10.1. The summed E-state index contributed by atoms with van der Waals surface area (Å²) in [6, 6.07) is 1.08. The molecule has 0 unspecified atom stereocenters. The molecule has 1 amide bonds. The van der Waals surface area contributed by atoms with Crippen LogP contribution < -0.4 is 11.1 Å². The number of amides is 1. The Bertz CT molecular complexity index is 489. The summed E-state index contributed by atoms with van der Waals surface area (Å²) in [5.74, 6) is 0.232. The second-order valence-electron chi connectivity index (χ2n) is 3.75. The fourth-order valence-electron chi connectivity index (χ4n) is 1.43. The van der Waals surface area contributed by atoms with Crippen molar-refractivity contribution in [2.45, 2.75) is 12.5 Å². The number of H-pyrrole nitrogens is 1. The maximum absolute atomic E-state index is 11.7. The predicted molar refractivity (Wildman–Crippen MR) is 62.1 cm³/mol. The van der Waals surface area contributed by atoms with E-state index >= 15 is 0 Å². The highest BCUT2D eigenvalue weighted by atomic mass is 16.2. The van der Waals surface area contributed by atoms with Gasteiger partial charge in [-0.25, -0.2) is 4.98 Å². The smallest absolute Gasteiger partial charge is 0.242 e. The highest BCUT2D eigenvalue weighted by molar-refractivity contribution is 5.93. The Labute approximate surface area is 98.0 Å². The van der Waals surface area contributed by atoms with Gasteiger partial charge in [-0.1, -0.05) is 0 Å². The second kappa shape index (κ2) is 4.79. The molecule has 0 spiro atoms. The number of nitrogens with zero attached hydrogens (tertiary/aromatic N) is 3. The van der Waals surface area contributed by atoms with Crippen LogP contribution in [0, 0.1) is 0 Å². The number of aromatic amines is 1. The minimum atomic E-state index is -0.627. The summed E-state index contributed by atoms with van der Waals surface area (Å²) >= 11 is 0. The summed E-state index contributed by atoms with van der Waals surface area (Å²) in [5.41, 5.74) is 6.60. The van der Waals surface area contributed by atoms with Crippen LogP contribution in [0.5, 0.6) is 0 Å². The van der Waals surface area contributed by atoms with E-state index in [4.69, 9.17) is 5.73 Å². The van der Waals surface area contributed by atoms with Crippen molar-refractivity contribution in [2.75, 3.05) is 5.32 Å². The summed E-state index contributed by atoms with van der Waals surface area (Å²) in [6.07, 6.45) is 5.36. The number of hydrogen-bond acceptors (Lipinski definition) is 4. The fourth-order valence-corrected chi connectivity index (χ4v) is 1.43. The van der Waals surface area contributed by atoms with Gasteiger partial charge in [0.15, 0.2) is 5.82 Å². The first-order valence-electron chi connectivity index (χ1n) is 5.18. The summed E-state index contributed by atoms with van der Waals surface area (Å²) in [5, 5.41) is 6.68. The number of rotatable bonds is 4. The number of aryl methyl sites for hydroxylation is 1. The largest absolute Gasteiger partial charge is 0.348 e. The average Bonchev–Trinajstić information content (AvgIpc) is 2.90. The summed E-state index contributed by atoms with van der Waals surface area (Å²) in [4.78, 5) is 18.5. The SMILES string of the molecule is Cn1ccc(NC(=O)[C@@H](N)Cc2cnc[nH]2)n1. The van der Waals surface area contributed by atoms with Gasteiger partial charge in [0, 0.05) is 37.6 Å². The van der Waals surface area contributed by atoms with Crippen molar-refractivity contribution < 1.29 is 4.79 Å². The highest BCUT2D eigenvalue weighted by Crippen LogP contribution is 2.03. The Balaban J connectivity index is 1.91. The molecule has 0 saturated carbocycles. The molecule has 0 radical (unpaired) electrons. The minimum absolute atomic E-state index is 0.265. The van der Waals surface area contributed by atoms with Crippen LogP contribution in [0.4, 0.5) is 5.82 Å². The highest BCUT2D eigenvalue weighted by Gasteiger charge is 2.15. The number of imidazole rings is 1. The van der Waals surface area contributed by atoms with Gasteiger partial charge in [0.05, 0.1) is 12.4 Å². The Kier molecular flexibility index (Phi) is 3.20. The van der Waals surface area contributed by atoms with Gasteiger partial charge in [0.25, 0.3) is 0 Å². The van der Waals surface area contributed by atoms with Crippen molar-refractivity contribution in [2.24, 2.45) is 12.8 Å². The van der Waals surface area contributed by atoms with Crippen LogP contribution in [0.15, 0.2) is 24.8 Å². The molecule has 0 fully saturated rings. The Hall–Kier alpha value is -2.15. The molecule has 0 aliphatic rings. The Morgan fingerprint density at radius 3 is 3.12 bits per heavy atom. The molecule has 0 aromatic carbocycles. The van der Waals surface area contributed by atoms with Crippen LogP contribution in [-0.4, -0.2) is 31.7 Å². The quantitative estimate of drug-likeness (QED) is 0.673. The predicted octanol–water partition coefficient (Wildman–Crippen LogP) is -0.348. The van der Waals surface area contributed by atoms with Crippen molar-refractivity contribution in [3.8, 4) is 0 Å². The maximum Gasteiger partial charge on any atom is 0.242 e. The number of nitrogens with one attached hydrogen (secondary N) is 2. The van der Waals surface area contributed by atoms with E-state index in [1.807, 2.05) is 0 Å². The van der Waals surface area contributed by atoms with Crippen LogP contribution in [0.3, 0.4) is 0 Å². The molecule has 0 bridgehead atoms. The van der Waals surface area contributed by atoms with Gasteiger partial charge in [-0.05, 0) is 0 Å². The number of aromatic nitrogens is 4. The van der Waals surface area contributed by atoms with Crippen LogP contribution in [0.25, 0.3) is 0 Å². The van der Waals surface area contributed by atoms with E-state index in [9.17, 15) is 4.79 Å². The topological polar surface area (TPSA) is 102 Å². The summed E-state index contributed by atoms with van der Waals surface area (Å²) in [7, 11) is 1.78. The first kappa shape index (κ1) is 11.3. The molecular formula is C10H14N6O. The zero-order chi connectivity index (χ0) is 12.3. The van der Waals surface area contributed by atoms with Crippen molar-refractivity contribution in [3.63, 3.8) is 0 Å². The van der Waals surface area contributed by atoms with Gasteiger partial charge in [0.2, 0.25) is 5.91 Å². The van der Waals surface area contributed by atoms with Gasteiger partial charge in [0.1, 0.15) is 0 Å². The normalized spacial score (nSPS) is 12.4. The van der Waals surface area contributed by atoms with E-state index in [2.05, 4.69) is 20.4 Å². The Morgan fingerprint density at radius 1 is 1.71 bits per heavy atom. The molecule has 0 saturated heterocycles. The van der Waals surface area contributed by atoms with E-state index in [1.165, 1.54) is 0 Å². The van der Waals surface area contributed by atoms with Gasteiger partial charge in [-0.3, -0.25) is 9.48 Å². The van der Waals surface area contributed by atoms with E-state index in [0.29, 0.717) is 12.2 Å². The maximum atomic E-state index is 11.7. The van der Waals surface area contributed by atoms with Crippen molar-refractivity contribution >= 4 is 11.7 Å². The molecule has 2 aromatic rings. The molecule has 2 aromatic heterocycles. The molecule has 4 N–H and O–H groups in total. The first-order chi connectivity index (χ1) is 8.15. The van der Waals surface area contributed by atoms with Crippen molar-refractivity contribution in [3.05, 3.63) is 30.5 Å². The van der Waals surface area contributed by atoms with Gasteiger partial charge >= 0.3 is 0 Å². The lowest BCUT2D eigenvalue weighted by Gasteiger charge is -2.09. The van der Waals surface area contributed by atoms with Crippen molar-refractivity contribution in [1.82, 2.24) is 19.7 Å². The van der Waals surface area contributed by atoms with Gasteiger partial charge in [-0.2, -0.15) is 5.10 Å². The number of anilines is 1. The van der Waals surface area contributed by atoms with E-state index in [-0.39, 0.29) is 5.91 Å². The second-order valence-corrected chi connectivity index (χ2v) is 3.75. The van der Waals surface area contributed by atoms with Gasteiger partial charge in [-0.15, -0.1) is 0 Å². The fraction of sp³-hybridized carbons (Fsp3) is 0.300. The van der Waals surface area contributed by atoms with E-state index in [0.717, 1.165) is 5.69 Å². The van der Waals surface area contributed by atoms with Crippen LogP contribution in [-0.2, 0) is 18.3 Å². The average molecular weight is 234 g/mol. The third-order valence-corrected chi connectivity index (χ3v) is 2.30. The standard InChI is InChI=1S/C10H14N6O/c1-16-3-2-9(15-16)14-10(17)8(11)4-7-5-12-6-13-7/h2-3,5-6,8H,4,11H2,1H3,(H,12,13)(H,14,15,17)/t8-/m0/s1. The van der Waals surface area contributed by atoms with E-state index in [1.54, 1.807) is 36.5 Å². The number of nitrogens with two attached hydrogens (primary N) is 1. The number of hydrogen-bond donors (Lipinski definition) is 3. The number of carbonyl (C=O) groups is 1. The zero-order valence-electron chi connectivity index (χ0n) is 9.42. The number of carbonyl (C=O) groups excluding carboxylic acids is 1. The molecule has 90 valence electrons. The van der Waals surface area contributed by atoms with Crippen LogP contribution >= 0.6 is 0 Å². The molecule has 7 nitrogen and oxygen atoms in total. The molecule has 0 aliphatic heterocycles. The molecule has 2 heterocycles. The van der Waals surface area contributed by atoms with Crippen LogP contribution in [0.1, 0.15) is 5.69 Å². The zero-order valence-corrected chi connectivity index (χ0v) is 9.42. The summed E-state index contributed by atoms with van der Waals surface area (Å²) < 4.78 is 1.61. The monoisotopic (exact) mass is 234 g/mol. The first-order valence-corrected chi connectivity index (χ1v) is 5.18. The third-order valence-electron chi connectivity index (χ3n) is 2.30.